The molecule has 1 saturated heterocycles. The Hall–Kier alpha value is -2.63. The molecule has 1 aliphatic rings. The number of piperidine rings is 1. The zero-order chi connectivity index (χ0) is 19.1. The zero-order valence-electron chi connectivity index (χ0n) is 16.1. The average Bonchev–Trinajstić information content (AvgIpc) is 2.73. The highest BCUT2D eigenvalue weighted by Gasteiger charge is 2.26. The first-order chi connectivity index (χ1) is 13.2. The summed E-state index contributed by atoms with van der Waals surface area (Å²) in [5, 5.41) is 3.18. The van der Waals surface area contributed by atoms with E-state index in [0.717, 1.165) is 50.5 Å². The lowest BCUT2D eigenvalue weighted by Crippen LogP contribution is -2.43. The molecule has 1 atom stereocenters. The number of benzene rings is 1. The van der Waals surface area contributed by atoms with Gasteiger partial charge < -0.3 is 15.0 Å². The smallest absolute Gasteiger partial charge is 0.225 e. The van der Waals surface area contributed by atoms with E-state index in [1.54, 1.807) is 19.5 Å². The Morgan fingerprint density at radius 1 is 1.22 bits per heavy atom. The van der Waals surface area contributed by atoms with Gasteiger partial charge in [0.2, 0.25) is 11.9 Å². The van der Waals surface area contributed by atoms with Crippen molar-refractivity contribution < 1.29 is 9.53 Å². The number of rotatable bonds is 7. The molecule has 2 heterocycles. The number of carbonyl (C=O) groups excluding carboxylic acids is 1. The molecular formula is C21H28N4O2. The van der Waals surface area contributed by atoms with E-state index in [-0.39, 0.29) is 17.9 Å². The van der Waals surface area contributed by atoms with Crippen LogP contribution in [-0.4, -0.2) is 42.1 Å². The third-order valence-corrected chi connectivity index (χ3v) is 5.11. The van der Waals surface area contributed by atoms with Crippen LogP contribution in [0.1, 0.15) is 31.7 Å². The van der Waals surface area contributed by atoms with Crippen molar-refractivity contribution in [3.63, 3.8) is 0 Å². The van der Waals surface area contributed by atoms with E-state index < -0.39 is 0 Å². The SMILES string of the molecule is COc1ccc(CCC(C)NC(=O)C2CCN(c3ncccn3)CC2)cc1. The normalized spacial score (nSPS) is 16.0. The molecule has 3 rings (SSSR count). The number of methoxy groups -OCH3 is 1. The molecule has 1 N–H and O–H groups in total. The van der Waals surface area contributed by atoms with Crippen LogP contribution >= 0.6 is 0 Å². The van der Waals surface area contributed by atoms with Gasteiger partial charge in [0.25, 0.3) is 0 Å². The maximum atomic E-state index is 12.6. The van der Waals surface area contributed by atoms with Crippen molar-refractivity contribution in [2.75, 3.05) is 25.1 Å². The number of aryl methyl sites for hydroxylation is 1. The second-order valence-electron chi connectivity index (χ2n) is 7.11. The third kappa shape index (κ3) is 5.42. The third-order valence-electron chi connectivity index (χ3n) is 5.11. The Labute approximate surface area is 161 Å². The van der Waals surface area contributed by atoms with Crippen molar-refractivity contribution in [3.8, 4) is 5.75 Å². The highest BCUT2D eigenvalue weighted by molar-refractivity contribution is 5.79. The summed E-state index contributed by atoms with van der Waals surface area (Å²) < 4.78 is 5.18. The lowest BCUT2D eigenvalue weighted by atomic mass is 9.95. The highest BCUT2D eigenvalue weighted by Crippen LogP contribution is 2.21. The fraction of sp³-hybridized carbons (Fsp3) is 0.476. The summed E-state index contributed by atoms with van der Waals surface area (Å²) in [6, 6.07) is 10.1. The molecule has 0 saturated carbocycles. The van der Waals surface area contributed by atoms with Crippen molar-refractivity contribution >= 4 is 11.9 Å². The number of nitrogens with one attached hydrogen (secondary N) is 1. The summed E-state index contributed by atoms with van der Waals surface area (Å²) in [5.41, 5.74) is 1.26. The average molecular weight is 368 g/mol. The monoisotopic (exact) mass is 368 g/mol. The fourth-order valence-electron chi connectivity index (χ4n) is 3.40. The minimum atomic E-state index is 0.0772. The van der Waals surface area contributed by atoms with Gasteiger partial charge in [-0.05, 0) is 56.4 Å². The van der Waals surface area contributed by atoms with E-state index in [0.29, 0.717) is 0 Å². The summed E-state index contributed by atoms with van der Waals surface area (Å²) >= 11 is 0. The molecular weight excluding hydrogens is 340 g/mol. The number of hydrogen-bond acceptors (Lipinski definition) is 5. The van der Waals surface area contributed by atoms with Gasteiger partial charge in [-0.3, -0.25) is 4.79 Å². The summed E-state index contributed by atoms with van der Waals surface area (Å²) in [4.78, 5) is 23.3. The summed E-state index contributed by atoms with van der Waals surface area (Å²) in [7, 11) is 1.67. The van der Waals surface area contributed by atoms with Crippen LogP contribution in [0.4, 0.5) is 5.95 Å². The number of carbonyl (C=O) groups is 1. The van der Waals surface area contributed by atoms with Gasteiger partial charge in [-0.1, -0.05) is 12.1 Å². The highest BCUT2D eigenvalue weighted by atomic mass is 16.5. The maximum absolute atomic E-state index is 12.6. The number of hydrogen-bond donors (Lipinski definition) is 1. The Bertz CT molecular complexity index is 713. The Kier molecular flexibility index (Phi) is 6.63. The van der Waals surface area contributed by atoms with Crippen LogP contribution in [0.5, 0.6) is 5.75 Å². The van der Waals surface area contributed by atoms with E-state index in [9.17, 15) is 4.79 Å². The Balaban J connectivity index is 1.40. The first kappa shape index (κ1) is 19.1. The van der Waals surface area contributed by atoms with Crippen LogP contribution in [0.3, 0.4) is 0 Å². The molecule has 2 aromatic rings. The van der Waals surface area contributed by atoms with Gasteiger partial charge in [-0.25, -0.2) is 9.97 Å². The molecule has 6 heteroatoms. The van der Waals surface area contributed by atoms with Gasteiger partial charge in [-0.2, -0.15) is 0 Å². The van der Waals surface area contributed by atoms with Crippen LogP contribution in [0.2, 0.25) is 0 Å². The minimum Gasteiger partial charge on any atom is -0.497 e. The van der Waals surface area contributed by atoms with Gasteiger partial charge in [-0.15, -0.1) is 0 Å². The Morgan fingerprint density at radius 2 is 1.89 bits per heavy atom. The number of nitrogens with zero attached hydrogens (tertiary/aromatic N) is 3. The van der Waals surface area contributed by atoms with Gasteiger partial charge >= 0.3 is 0 Å². The van der Waals surface area contributed by atoms with Gasteiger partial charge in [0.1, 0.15) is 5.75 Å². The number of aromatic nitrogens is 2. The van der Waals surface area contributed by atoms with Gasteiger partial charge in [0.05, 0.1) is 7.11 Å². The van der Waals surface area contributed by atoms with E-state index in [2.05, 4.69) is 39.2 Å². The lowest BCUT2D eigenvalue weighted by molar-refractivity contribution is -0.126. The summed E-state index contributed by atoms with van der Waals surface area (Å²) in [6.07, 6.45) is 7.06. The van der Waals surface area contributed by atoms with Crippen LogP contribution in [-0.2, 0) is 11.2 Å². The minimum absolute atomic E-state index is 0.0772. The summed E-state index contributed by atoms with van der Waals surface area (Å²) in [6.45, 7) is 3.72. The molecule has 0 radical (unpaired) electrons. The summed E-state index contributed by atoms with van der Waals surface area (Å²) in [5.74, 6) is 1.87. The molecule has 1 aromatic heterocycles. The molecule has 0 spiro atoms. The lowest BCUT2D eigenvalue weighted by Gasteiger charge is -2.31. The van der Waals surface area contributed by atoms with Crippen molar-refractivity contribution in [1.29, 1.82) is 0 Å². The van der Waals surface area contributed by atoms with Crippen LogP contribution in [0, 0.1) is 5.92 Å². The molecule has 1 amide bonds. The molecule has 6 nitrogen and oxygen atoms in total. The van der Waals surface area contributed by atoms with Crippen molar-refractivity contribution in [3.05, 3.63) is 48.3 Å². The topological polar surface area (TPSA) is 67.3 Å². The molecule has 1 unspecified atom stereocenters. The van der Waals surface area contributed by atoms with Gasteiger partial charge in [0, 0.05) is 37.4 Å². The molecule has 0 bridgehead atoms. The maximum Gasteiger partial charge on any atom is 0.225 e. The van der Waals surface area contributed by atoms with E-state index in [1.165, 1.54) is 5.56 Å². The second-order valence-corrected chi connectivity index (χ2v) is 7.11. The van der Waals surface area contributed by atoms with E-state index >= 15 is 0 Å². The number of ether oxygens (including phenoxy) is 1. The number of amides is 1. The van der Waals surface area contributed by atoms with Crippen LogP contribution in [0.15, 0.2) is 42.7 Å². The van der Waals surface area contributed by atoms with Gasteiger partial charge in [0.15, 0.2) is 0 Å². The van der Waals surface area contributed by atoms with Crippen LogP contribution < -0.4 is 15.0 Å². The first-order valence-corrected chi connectivity index (χ1v) is 9.61. The molecule has 1 fully saturated rings. The van der Waals surface area contributed by atoms with E-state index in [1.807, 2.05) is 18.2 Å². The predicted octanol–water partition coefficient (Wildman–Crippen LogP) is 2.84. The largest absolute Gasteiger partial charge is 0.497 e. The molecule has 27 heavy (non-hydrogen) atoms. The van der Waals surface area contributed by atoms with Crippen LogP contribution in [0.25, 0.3) is 0 Å². The second kappa shape index (κ2) is 9.35. The first-order valence-electron chi connectivity index (χ1n) is 9.61. The molecule has 144 valence electrons. The number of anilines is 1. The quantitative estimate of drug-likeness (QED) is 0.814. The zero-order valence-corrected chi connectivity index (χ0v) is 16.1. The fourth-order valence-corrected chi connectivity index (χ4v) is 3.40. The van der Waals surface area contributed by atoms with Crippen molar-refractivity contribution in [1.82, 2.24) is 15.3 Å². The van der Waals surface area contributed by atoms with E-state index in [4.69, 9.17) is 4.74 Å². The van der Waals surface area contributed by atoms with Crippen molar-refractivity contribution in [2.45, 2.75) is 38.6 Å². The standard InChI is InChI=1S/C21H28N4O2/c1-16(4-5-17-6-8-19(27-2)9-7-17)24-20(26)18-10-14-25(15-11-18)21-22-12-3-13-23-21/h3,6-9,12-13,16,18H,4-5,10-11,14-15H2,1-2H3,(H,24,26). The predicted molar refractivity (Wildman–Crippen MR) is 106 cm³/mol. The molecule has 0 aliphatic carbocycles. The van der Waals surface area contributed by atoms with Crippen molar-refractivity contribution in [2.24, 2.45) is 5.92 Å². The Morgan fingerprint density at radius 3 is 2.52 bits per heavy atom. The molecule has 1 aromatic carbocycles. The molecule has 1 aliphatic heterocycles.